The van der Waals surface area contributed by atoms with Crippen molar-refractivity contribution in [2.24, 2.45) is 0 Å². The van der Waals surface area contributed by atoms with E-state index in [1.807, 2.05) is 31.1 Å². The molecule has 0 saturated carbocycles. The van der Waals surface area contributed by atoms with Crippen LogP contribution in [0.25, 0.3) is 0 Å². The number of anilines is 1. The lowest BCUT2D eigenvalue weighted by Crippen LogP contribution is -2.08. The van der Waals surface area contributed by atoms with E-state index in [9.17, 15) is 4.79 Å². The Kier molecular flexibility index (Phi) is 3.89. The van der Waals surface area contributed by atoms with Gasteiger partial charge in [-0.2, -0.15) is 0 Å². The fourth-order valence-electron chi connectivity index (χ4n) is 1.46. The topological polar surface area (TPSA) is 46.1 Å². The molecule has 94 valence electrons. The number of ketones is 1. The lowest BCUT2D eigenvalue weighted by atomic mass is 10.1. The Hall–Kier alpha value is -2.67. The highest BCUT2D eigenvalue weighted by atomic mass is 16.1. The summed E-state index contributed by atoms with van der Waals surface area (Å²) in [6, 6.07) is 8.99. The van der Waals surface area contributed by atoms with Crippen LogP contribution in [0.2, 0.25) is 0 Å². The third-order valence-electron chi connectivity index (χ3n) is 2.50. The Balaban J connectivity index is 2.15. The first kappa shape index (κ1) is 12.8. The van der Waals surface area contributed by atoms with Crippen LogP contribution >= 0.6 is 0 Å². The highest BCUT2D eigenvalue weighted by Crippen LogP contribution is 2.12. The molecule has 0 N–H and O–H groups in total. The predicted octanol–water partition coefficient (Wildman–Crippen LogP) is 1.78. The summed E-state index contributed by atoms with van der Waals surface area (Å²) in [4.78, 5) is 21.7. The molecule has 1 aromatic heterocycles. The van der Waals surface area contributed by atoms with Crippen molar-refractivity contribution in [3.05, 3.63) is 54.1 Å². The second kappa shape index (κ2) is 5.78. The molecule has 0 aliphatic heterocycles. The van der Waals surface area contributed by atoms with Gasteiger partial charge in [-0.05, 0) is 42.2 Å². The highest BCUT2D eigenvalue weighted by Gasteiger charge is 2.02. The van der Waals surface area contributed by atoms with Gasteiger partial charge in [-0.1, -0.05) is 0 Å². The van der Waals surface area contributed by atoms with Gasteiger partial charge in [-0.3, -0.25) is 4.79 Å². The molecule has 0 amide bonds. The van der Waals surface area contributed by atoms with Crippen molar-refractivity contribution < 1.29 is 4.79 Å². The van der Waals surface area contributed by atoms with Gasteiger partial charge in [-0.15, -0.1) is 0 Å². The minimum Gasteiger partial charge on any atom is -0.378 e. The van der Waals surface area contributed by atoms with Crippen molar-refractivity contribution in [2.45, 2.75) is 0 Å². The normalized spacial score (nSPS) is 9.37. The fraction of sp³-hybridized carbons (Fsp3) is 0.133. The maximum absolute atomic E-state index is 11.9. The summed E-state index contributed by atoms with van der Waals surface area (Å²) in [6.45, 7) is 0. The lowest BCUT2D eigenvalue weighted by molar-refractivity contribution is 0.105. The van der Waals surface area contributed by atoms with Crippen LogP contribution in [0.3, 0.4) is 0 Å². The first-order valence-corrected chi connectivity index (χ1v) is 5.77. The summed E-state index contributed by atoms with van der Waals surface area (Å²) in [5.74, 6) is 5.29. The molecular formula is C15H13N3O. The monoisotopic (exact) mass is 251 g/mol. The van der Waals surface area contributed by atoms with E-state index in [1.54, 1.807) is 30.6 Å². The third-order valence-corrected chi connectivity index (χ3v) is 2.50. The van der Waals surface area contributed by atoms with E-state index < -0.39 is 0 Å². The minimum absolute atomic E-state index is 0.238. The Morgan fingerprint density at radius 3 is 2.32 bits per heavy atom. The van der Waals surface area contributed by atoms with E-state index >= 15 is 0 Å². The molecule has 0 spiro atoms. The largest absolute Gasteiger partial charge is 0.378 e. The first-order chi connectivity index (χ1) is 9.16. The van der Waals surface area contributed by atoms with Gasteiger partial charge in [0.2, 0.25) is 11.6 Å². The molecule has 0 bridgehead atoms. The van der Waals surface area contributed by atoms with Crippen LogP contribution in [-0.4, -0.2) is 29.8 Å². The van der Waals surface area contributed by atoms with Gasteiger partial charge < -0.3 is 4.90 Å². The number of carbonyl (C=O) groups excluding carboxylic acids is 1. The summed E-state index contributed by atoms with van der Waals surface area (Å²) in [5, 5.41) is 0. The molecule has 4 heteroatoms. The summed E-state index contributed by atoms with van der Waals surface area (Å²) in [5.41, 5.74) is 1.60. The molecular weight excluding hydrogens is 238 g/mol. The molecule has 0 aliphatic rings. The zero-order valence-corrected chi connectivity index (χ0v) is 10.8. The number of rotatable bonds is 2. The number of nitrogens with zero attached hydrogens (tertiary/aromatic N) is 3. The van der Waals surface area contributed by atoms with Gasteiger partial charge >= 0.3 is 0 Å². The Morgan fingerprint density at radius 2 is 1.74 bits per heavy atom. The predicted molar refractivity (Wildman–Crippen MR) is 74.0 cm³/mol. The fourth-order valence-corrected chi connectivity index (χ4v) is 1.46. The van der Waals surface area contributed by atoms with E-state index in [1.165, 1.54) is 0 Å². The Labute approximate surface area is 112 Å². The molecule has 2 rings (SSSR count). The second-order valence-electron chi connectivity index (χ2n) is 4.09. The second-order valence-corrected chi connectivity index (χ2v) is 4.09. The standard InChI is InChI=1S/C15H13N3O/c1-18(2)13-6-4-12(5-7-13)14(19)8-9-15-16-10-3-11-17-15/h3-7,10-11H,1-2H3. The molecule has 0 fully saturated rings. The zero-order valence-electron chi connectivity index (χ0n) is 10.8. The Morgan fingerprint density at radius 1 is 1.11 bits per heavy atom. The van der Waals surface area contributed by atoms with Crippen LogP contribution in [-0.2, 0) is 0 Å². The number of hydrogen-bond donors (Lipinski definition) is 0. The molecule has 1 heterocycles. The zero-order chi connectivity index (χ0) is 13.7. The van der Waals surface area contributed by atoms with Crippen molar-refractivity contribution >= 4 is 11.5 Å². The molecule has 0 saturated heterocycles. The molecule has 0 radical (unpaired) electrons. The van der Waals surface area contributed by atoms with Gasteiger partial charge in [-0.25, -0.2) is 9.97 Å². The maximum atomic E-state index is 11.9. The summed E-state index contributed by atoms with van der Waals surface area (Å²) in [7, 11) is 3.90. The summed E-state index contributed by atoms with van der Waals surface area (Å²) >= 11 is 0. The molecule has 0 aliphatic carbocycles. The average molecular weight is 251 g/mol. The number of hydrogen-bond acceptors (Lipinski definition) is 4. The van der Waals surface area contributed by atoms with Crippen LogP contribution in [0.4, 0.5) is 5.69 Å². The average Bonchev–Trinajstić information content (AvgIpc) is 2.46. The smallest absolute Gasteiger partial charge is 0.236 e. The number of aromatic nitrogens is 2. The van der Waals surface area contributed by atoms with Crippen molar-refractivity contribution in [3.63, 3.8) is 0 Å². The van der Waals surface area contributed by atoms with E-state index in [0.29, 0.717) is 11.4 Å². The quantitative estimate of drug-likeness (QED) is 0.603. The van der Waals surface area contributed by atoms with Gasteiger partial charge in [0.05, 0.1) is 0 Å². The lowest BCUT2D eigenvalue weighted by Gasteiger charge is -2.11. The molecule has 4 nitrogen and oxygen atoms in total. The molecule has 0 atom stereocenters. The highest BCUT2D eigenvalue weighted by molar-refractivity contribution is 6.09. The number of benzene rings is 1. The van der Waals surface area contributed by atoms with Crippen LogP contribution in [0, 0.1) is 11.8 Å². The van der Waals surface area contributed by atoms with Crippen LogP contribution in [0.15, 0.2) is 42.7 Å². The summed E-state index contributed by atoms with van der Waals surface area (Å²) < 4.78 is 0. The van der Waals surface area contributed by atoms with E-state index in [0.717, 1.165) is 5.69 Å². The molecule has 2 aromatic rings. The van der Waals surface area contributed by atoms with Gasteiger partial charge in [0.15, 0.2) is 0 Å². The van der Waals surface area contributed by atoms with E-state index in [-0.39, 0.29) is 5.78 Å². The SMILES string of the molecule is CN(C)c1ccc(C(=O)C#Cc2ncccn2)cc1. The van der Waals surface area contributed by atoms with E-state index in [2.05, 4.69) is 21.8 Å². The van der Waals surface area contributed by atoms with Crippen molar-refractivity contribution in [1.29, 1.82) is 0 Å². The molecule has 0 unspecified atom stereocenters. The molecule has 19 heavy (non-hydrogen) atoms. The maximum Gasteiger partial charge on any atom is 0.236 e. The van der Waals surface area contributed by atoms with Gasteiger partial charge in [0, 0.05) is 37.7 Å². The number of Topliss-reactive ketones (excluding diaryl/α,β-unsaturated/α-hetero) is 1. The van der Waals surface area contributed by atoms with Crippen molar-refractivity contribution in [1.82, 2.24) is 9.97 Å². The summed E-state index contributed by atoms with van der Waals surface area (Å²) in [6.07, 6.45) is 3.18. The molecule has 1 aromatic carbocycles. The third kappa shape index (κ3) is 3.39. The van der Waals surface area contributed by atoms with E-state index in [4.69, 9.17) is 0 Å². The van der Waals surface area contributed by atoms with Crippen LogP contribution in [0.5, 0.6) is 0 Å². The number of carbonyl (C=O) groups is 1. The van der Waals surface area contributed by atoms with Crippen molar-refractivity contribution in [3.8, 4) is 11.8 Å². The van der Waals surface area contributed by atoms with Gasteiger partial charge in [0.25, 0.3) is 0 Å². The van der Waals surface area contributed by atoms with Crippen LogP contribution < -0.4 is 4.90 Å². The minimum atomic E-state index is -0.238. The van der Waals surface area contributed by atoms with Crippen molar-refractivity contribution in [2.75, 3.05) is 19.0 Å². The van der Waals surface area contributed by atoms with Crippen LogP contribution in [0.1, 0.15) is 16.2 Å². The van der Waals surface area contributed by atoms with Gasteiger partial charge in [0.1, 0.15) is 0 Å². The first-order valence-electron chi connectivity index (χ1n) is 5.77. The Bertz CT molecular complexity index is 622.